The number of halogens is 1. The Morgan fingerprint density at radius 2 is 2.29 bits per heavy atom. The van der Waals surface area contributed by atoms with Crippen LogP contribution in [0.4, 0.5) is 0 Å². The van der Waals surface area contributed by atoms with Gasteiger partial charge in [-0.1, -0.05) is 0 Å². The molecule has 6 nitrogen and oxygen atoms in total. The Morgan fingerprint density at radius 3 is 3.06 bits per heavy atom. The number of nitrogens with one attached hydrogen (secondary N) is 1. The highest BCUT2D eigenvalue weighted by Gasteiger charge is 2.10. The fourth-order valence-corrected chi connectivity index (χ4v) is 2.16. The number of H-pyrrole nitrogens is 1. The van der Waals surface area contributed by atoms with E-state index in [1.54, 1.807) is 4.52 Å². The highest BCUT2D eigenvalue weighted by molar-refractivity contribution is 14.1. The SMILES string of the molecule is COc1nc2[nH]c(=O)c3cc(I)ccc3n2n1. The van der Waals surface area contributed by atoms with E-state index in [1.807, 2.05) is 18.2 Å². The summed E-state index contributed by atoms with van der Waals surface area (Å²) in [6.45, 7) is 0. The molecule has 3 rings (SSSR count). The summed E-state index contributed by atoms with van der Waals surface area (Å²) in [5.74, 6) is 0.376. The average molecular weight is 342 g/mol. The van der Waals surface area contributed by atoms with Gasteiger partial charge in [-0.15, -0.1) is 5.10 Å². The molecule has 86 valence electrons. The lowest BCUT2D eigenvalue weighted by molar-refractivity contribution is 0.381. The van der Waals surface area contributed by atoms with Crippen LogP contribution in [-0.2, 0) is 0 Å². The molecule has 0 spiro atoms. The van der Waals surface area contributed by atoms with Crippen molar-refractivity contribution in [3.63, 3.8) is 0 Å². The zero-order valence-corrected chi connectivity index (χ0v) is 10.9. The molecule has 0 aliphatic rings. The molecule has 3 aromatic rings. The Bertz CT molecular complexity index is 777. The number of aromatic nitrogens is 4. The Balaban J connectivity index is 2.54. The van der Waals surface area contributed by atoms with Crippen LogP contribution in [0.5, 0.6) is 6.01 Å². The van der Waals surface area contributed by atoms with Gasteiger partial charge in [-0.25, -0.2) is 0 Å². The normalized spacial score (nSPS) is 11.2. The summed E-state index contributed by atoms with van der Waals surface area (Å²) in [7, 11) is 1.48. The molecule has 17 heavy (non-hydrogen) atoms. The molecule has 0 bridgehead atoms. The quantitative estimate of drug-likeness (QED) is 0.675. The number of benzene rings is 1. The van der Waals surface area contributed by atoms with Crippen molar-refractivity contribution in [3.8, 4) is 6.01 Å². The predicted molar refractivity (Wildman–Crippen MR) is 70.4 cm³/mol. The van der Waals surface area contributed by atoms with E-state index >= 15 is 0 Å². The number of fused-ring (bicyclic) bond motifs is 3. The van der Waals surface area contributed by atoms with Gasteiger partial charge < -0.3 is 4.74 Å². The summed E-state index contributed by atoms with van der Waals surface area (Å²) in [4.78, 5) is 18.6. The number of aromatic amines is 1. The highest BCUT2D eigenvalue weighted by atomic mass is 127. The van der Waals surface area contributed by atoms with Crippen LogP contribution < -0.4 is 10.3 Å². The number of ether oxygens (including phenoxy) is 1. The second-order valence-corrected chi connectivity index (χ2v) is 4.70. The summed E-state index contributed by atoms with van der Waals surface area (Å²) < 4.78 is 7.50. The third kappa shape index (κ3) is 1.57. The van der Waals surface area contributed by atoms with Crippen molar-refractivity contribution in [2.24, 2.45) is 0 Å². The van der Waals surface area contributed by atoms with Gasteiger partial charge in [-0.3, -0.25) is 9.78 Å². The van der Waals surface area contributed by atoms with Gasteiger partial charge >= 0.3 is 6.01 Å². The molecule has 2 aromatic heterocycles. The Labute approximate surface area is 109 Å². The summed E-state index contributed by atoms with van der Waals surface area (Å²) in [6.07, 6.45) is 0. The molecule has 0 unspecified atom stereocenters. The smallest absolute Gasteiger partial charge is 0.337 e. The second kappa shape index (κ2) is 3.69. The van der Waals surface area contributed by atoms with Crippen LogP contribution in [0.2, 0.25) is 0 Å². The largest absolute Gasteiger partial charge is 0.466 e. The van der Waals surface area contributed by atoms with Crippen molar-refractivity contribution in [1.29, 1.82) is 0 Å². The fraction of sp³-hybridized carbons (Fsp3) is 0.100. The zero-order chi connectivity index (χ0) is 12.0. The first-order chi connectivity index (χ1) is 8.19. The van der Waals surface area contributed by atoms with Crippen molar-refractivity contribution >= 4 is 39.3 Å². The minimum atomic E-state index is -0.180. The molecule has 0 atom stereocenters. The number of hydrogen-bond donors (Lipinski definition) is 1. The molecular weight excluding hydrogens is 335 g/mol. The van der Waals surface area contributed by atoms with Gasteiger partial charge in [0.05, 0.1) is 18.0 Å². The number of hydrogen-bond acceptors (Lipinski definition) is 4. The van der Waals surface area contributed by atoms with E-state index in [0.29, 0.717) is 16.7 Å². The van der Waals surface area contributed by atoms with Gasteiger partial charge in [0.2, 0.25) is 5.78 Å². The van der Waals surface area contributed by atoms with Crippen LogP contribution in [0, 0.1) is 3.57 Å². The molecule has 0 saturated carbocycles. The van der Waals surface area contributed by atoms with E-state index in [-0.39, 0.29) is 11.6 Å². The average Bonchev–Trinajstić information content (AvgIpc) is 2.72. The van der Waals surface area contributed by atoms with Gasteiger partial charge in [-0.2, -0.15) is 9.50 Å². The van der Waals surface area contributed by atoms with E-state index in [9.17, 15) is 4.79 Å². The number of nitrogens with zero attached hydrogens (tertiary/aromatic N) is 3. The lowest BCUT2D eigenvalue weighted by Gasteiger charge is -1.99. The second-order valence-electron chi connectivity index (χ2n) is 3.45. The van der Waals surface area contributed by atoms with E-state index < -0.39 is 0 Å². The van der Waals surface area contributed by atoms with Crippen LogP contribution in [0.25, 0.3) is 16.7 Å². The van der Waals surface area contributed by atoms with Crippen molar-refractivity contribution in [2.75, 3.05) is 7.11 Å². The summed E-state index contributed by atoms with van der Waals surface area (Å²) in [5, 5.41) is 4.72. The molecule has 0 fully saturated rings. The van der Waals surface area contributed by atoms with E-state index in [0.717, 1.165) is 3.57 Å². The molecule has 0 aliphatic heterocycles. The Morgan fingerprint density at radius 1 is 1.47 bits per heavy atom. The van der Waals surface area contributed by atoms with Crippen LogP contribution >= 0.6 is 22.6 Å². The standard InChI is InChI=1S/C10H7IN4O2/c1-17-10-13-9-12-8(16)6-4-5(11)2-3-7(6)15(9)14-10/h2-4H,1H3,(H,12,13,14,16). The molecule has 1 aromatic carbocycles. The van der Waals surface area contributed by atoms with E-state index in [2.05, 4.69) is 37.7 Å². The van der Waals surface area contributed by atoms with Crippen molar-refractivity contribution in [1.82, 2.24) is 19.6 Å². The summed E-state index contributed by atoms with van der Waals surface area (Å²) in [5.41, 5.74) is 0.529. The first-order valence-electron chi connectivity index (χ1n) is 4.81. The third-order valence-corrected chi connectivity index (χ3v) is 3.10. The van der Waals surface area contributed by atoms with Crippen molar-refractivity contribution < 1.29 is 4.74 Å². The van der Waals surface area contributed by atoms with E-state index in [4.69, 9.17) is 4.74 Å². The molecular formula is C10H7IN4O2. The zero-order valence-electron chi connectivity index (χ0n) is 8.77. The minimum Gasteiger partial charge on any atom is -0.466 e. The van der Waals surface area contributed by atoms with Gasteiger partial charge in [0.15, 0.2) is 0 Å². The maximum absolute atomic E-state index is 11.9. The molecule has 7 heteroatoms. The van der Waals surface area contributed by atoms with Crippen molar-refractivity contribution in [2.45, 2.75) is 0 Å². The topological polar surface area (TPSA) is 72.3 Å². The van der Waals surface area contributed by atoms with Crippen LogP contribution in [0.15, 0.2) is 23.0 Å². The van der Waals surface area contributed by atoms with Crippen LogP contribution in [0.3, 0.4) is 0 Å². The molecule has 2 heterocycles. The maximum Gasteiger partial charge on any atom is 0.337 e. The van der Waals surface area contributed by atoms with Crippen LogP contribution in [-0.4, -0.2) is 26.7 Å². The summed E-state index contributed by atoms with van der Waals surface area (Å²) >= 11 is 2.16. The molecule has 1 N–H and O–H groups in total. The number of rotatable bonds is 1. The van der Waals surface area contributed by atoms with Gasteiger partial charge in [0.1, 0.15) is 0 Å². The Hall–Kier alpha value is -1.64. The molecule has 0 saturated heterocycles. The summed E-state index contributed by atoms with van der Waals surface area (Å²) in [6, 6.07) is 5.79. The fourth-order valence-electron chi connectivity index (χ4n) is 1.67. The lowest BCUT2D eigenvalue weighted by Crippen LogP contribution is -2.10. The van der Waals surface area contributed by atoms with Crippen molar-refractivity contribution in [3.05, 3.63) is 32.1 Å². The predicted octanol–water partition coefficient (Wildman–Crippen LogP) is 1.18. The molecule has 0 radical (unpaired) electrons. The van der Waals surface area contributed by atoms with Crippen LogP contribution in [0.1, 0.15) is 0 Å². The van der Waals surface area contributed by atoms with Gasteiger partial charge in [0, 0.05) is 3.57 Å². The first kappa shape index (κ1) is 10.5. The van der Waals surface area contributed by atoms with Gasteiger partial charge in [-0.05, 0) is 40.8 Å². The third-order valence-electron chi connectivity index (χ3n) is 2.43. The Kier molecular flexibility index (Phi) is 2.28. The minimum absolute atomic E-state index is 0.180. The monoisotopic (exact) mass is 342 g/mol. The van der Waals surface area contributed by atoms with Gasteiger partial charge in [0.25, 0.3) is 5.56 Å². The van der Waals surface area contributed by atoms with E-state index in [1.165, 1.54) is 7.11 Å². The highest BCUT2D eigenvalue weighted by Crippen LogP contribution is 2.15. The first-order valence-corrected chi connectivity index (χ1v) is 5.89. The lowest BCUT2D eigenvalue weighted by atomic mass is 10.2. The molecule has 0 amide bonds. The molecule has 0 aliphatic carbocycles. The number of methoxy groups -OCH3 is 1. The maximum atomic E-state index is 11.9.